The molecule has 1 aromatic carbocycles. The molecule has 2 heterocycles. The van der Waals surface area contributed by atoms with Crippen molar-refractivity contribution in [3.63, 3.8) is 0 Å². The first-order valence-corrected chi connectivity index (χ1v) is 8.92. The smallest absolute Gasteiger partial charge is 0.257 e. The number of thiophene rings is 1. The molecule has 3 aromatic rings. The Morgan fingerprint density at radius 1 is 1.09 bits per heavy atom. The highest BCUT2D eigenvalue weighted by molar-refractivity contribution is 7.23. The predicted octanol–water partition coefficient (Wildman–Crippen LogP) is 4.82. The molecule has 0 radical (unpaired) electrons. The second kappa shape index (κ2) is 6.22. The summed E-state index contributed by atoms with van der Waals surface area (Å²) in [5.74, 6) is -0.167. The molecule has 4 nitrogen and oxygen atoms in total. The van der Waals surface area contributed by atoms with Gasteiger partial charge in [-0.3, -0.25) is 10.1 Å². The fourth-order valence-corrected chi connectivity index (χ4v) is 3.60. The Bertz CT molecular complexity index is 799. The van der Waals surface area contributed by atoms with E-state index in [0.29, 0.717) is 10.7 Å². The lowest BCUT2D eigenvalue weighted by Crippen LogP contribution is -2.14. The van der Waals surface area contributed by atoms with E-state index >= 15 is 0 Å². The highest BCUT2D eigenvalue weighted by Gasteiger charge is 2.15. The van der Waals surface area contributed by atoms with Gasteiger partial charge in [0.2, 0.25) is 5.13 Å². The first-order chi connectivity index (χ1) is 10.9. The largest absolute Gasteiger partial charge is 0.296 e. The highest BCUT2D eigenvalue weighted by Crippen LogP contribution is 2.30. The molecule has 0 spiro atoms. The molecule has 0 aliphatic carbocycles. The van der Waals surface area contributed by atoms with Crippen LogP contribution in [-0.2, 0) is 5.41 Å². The van der Waals surface area contributed by atoms with Crippen molar-refractivity contribution < 1.29 is 4.79 Å². The molecule has 0 unspecified atom stereocenters. The van der Waals surface area contributed by atoms with Crippen LogP contribution >= 0.6 is 22.7 Å². The van der Waals surface area contributed by atoms with Crippen molar-refractivity contribution in [3.05, 3.63) is 52.9 Å². The van der Waals surface area contributed by atoms with Gasteiger partial charge in [0.05, 0.1) is 4.88 Å². The average molecular weight is 343 g/mol. The van der Waals surface area contributed by atoms with Crippen molar-refractivity contribution in [1.82, 2.24) is 10.2 Å². The van der Waals surface area contributed by atoms with Crippen molar-refractivity contribution in [3.8, 4) is 9.88 Å². The Morgan fingerprint density at radius 3 is 2.43 bits per heavy atom. The van der Waals surface area contributed by atoms with Gasteiger partial charge in [0.25, 0.3) is 5.91 Å². The summed E-state index contributed by atoms with van der Waals surface area (Å²) in [6.45, 7) is 6.44. The molecule has 6 heteroatoms. The summed E-state index contributed by atoms with van der Waals surface area (Å²) in [7, 11) is 0. The van der Waals surface area contributed by atoms with Crippen molar-refractivity contribution in [2.45, 2.75) is 26.2 Å². The van der Waals surface area contributed by atoms with Gasteiger partial charge in [0.1, 0.15) is 0 Å². The van der Waals surface area contributed by atoms with E-state index in [-0.39, 0.29) is 11.3 Å². The van der Waals surface area contributed by atoms with Crippen LogP contribution in [0.2, 0.25) is 0 Å². The number of benzene rings is 1. The minimum Gasteiger partial charge on any atom is -0.296 e. The van der Waals surface area contributed by atoms with E-state index in [1.165, 1.54) is 16.9 Å². The van der Waals surface area contributed by atoms with Crippen LogP contribution in [0.25, 0.3) is 9.88 Å². The van der Waals surface area contributed by atoms with E-state index in [2.05, 4.69) is 36.3 Å². The number of rotatable bonds is 3. The van der Waals surface area contributed by atoms with Crippen LogP contribution in [-0.4, -0.2) is 16.1 Å². The van der Waals surface area contributed by atoms with E-state index in [1.54, 1.807) is 11.3 Å². The number of anilines is 1. The summed E-state index contributed by atoms with van der Waals surface area (Å²) in [6, 6.07) is 11.6. The van der Waals surface area contributed by atoms with E-state index in [4.69, 9.17) is 0 Å². The Balaban J connectivity index is 1.72. The topological polar surface area (TPSA) is 54.9 Å². The van der Waals surface area contributed by atoms with E-state index in [1.807, 2.05) is 41.8 Å². The fraction of sp³-hybridized carbons (Fsp3) is 0.235. The summed E-state index contributed by atoms with van der Waals surface area (Å²) in [4.78, 5) is 13.4. The van der Waals surface area contributed by atoms with Crippen LogP contribution in [0.1, 0.15) is 36.7 Å². The molecule has 0 atom stereocenters. The summed E-state index contributed by atoms with van der Waals surface area (Å²) in [6.07, 6.45) is 0. The summed E-state index contributed by atoms with van der Waals surface area (Å²) < 4.78 is 0. The van der Waals surface area contributed by atoms with Crippen LogP contribution in [0.4, 0.5) is 5.13 Å². The van der Waals surface area contributed by atoms with Crippen molar-refractivity contribution in [1.29, 1.82) is 0 Å². The Morgan fingerprint density at radius 2 is 1.83 bits per heavy atom. The van der Waals surface area contributed by atoms with Crippen LogP contribution in [0.5, 0.6) is 0 Å². The van der Waals surface area contributed by atoms with Gasteiger partial charge in [-0.25, -0.2) is 0 Å². The number of hydrogen-bond acceptors (Lipinski definition) is 5. The zero-order valence-corrected chi connectivity index (χ0v) is 14.8. The van der Waals surface area contributed by atoms with Gasteiger partial charge in [-0.1, -0.05) is 50.3 Å². The molecule has 118 valence electrons. The fourth-order valence-electron chi connectivity index (χ4n) is 2.06. The molecule has 1 amide bonds. The monoisotopic (exact) mass is 343 g/mol. The number of carbonyl (C=O) groups excluding carboxylic acids is 1. The normalized spacial score (nSPS) is 11.4. The van der Waals surface area contributed by atoms with Crippen molar-refractivity contribution >= 4 is 33.7 Å². The van der Waals surface area contributed by atoms with E-state index in [0.717, 1.165) is 9.88 Å². The third-order valence-electron chi connectivity index (χ3n) is 3.39. The minimum atomic E-state index is -0.167. The third-order valence-corrected chi connectivity index (χ3v) is 5.27. The van der Waals surface area contributed by atoms with Crippen LogP contribution in [0.15, 0.2) is 41.8 Å². The lowest BCUT2D eigenvalue weighted by Gasteiger charge is -2.18. The standard InChI is InChI=1S/C17H17N3OS2/c1-17(2,3)12-8-6-11(7-9-12)14(21)18-16-20-19-15(23-16)13-5-4-10-22-13/h4-10H,1-3H3,(H,18,20,21). The number of aromatic nitrogens is 2. The maximum Gasteiger partial charge on any atom is 0.257 e. The molecular formula is C17H17N3OS2. The molecule has 0 bridgehead atoms. The lowest BCUT2D eigenvalue weighted by atomic mass is 9.87. The molecular weight excluding hydrogens is 326 g/mol. The summed E-state index contributed by atoms with van der Waals surface area (Å²) >= 11 is 2.98. The molecule has 0 saturated carbocycles. The molecule has 0 aliphatic heterocycles. The number of amides is 1. The maximum absolute atomic E-state index is 12.3. The number of carbonyl (C=O) groups is 1. The molecule has 2 aromatic heterocycles. The zero-order valence-electron chi connectivity index (χ0n) is 13.2. The molecule has 3 rings (SSSR count). The number of hydrogen-bond donors (Lipinski definition) is 1. The average Bonchev–Trinajstić information content (AvgIpc) is 3.17. The van der Waals surface area contributed by atoms with E-state index < -0.39 is 0 Å². The van der Waals surface area contributed by atoms with Crippen molar-refractivity contribution in [2.24, 2.45) is 0 Å². The van der Waals surface area contributed by atoms with Gasteiger partial charge in [0, 0.05) is 5.56 Å². The second-order valence-electron chi connectivity index (χ2n) is 6.17. The third kappa shape index (κ3) is 3.65. The van der Waals surface area contributed by atoms with Gasteiger partial charge in [-0.05, 0) is 34.6 Å². The Labute approximate surface area is 143 Å². The number of nitrogens with zero attached hydrogens (tertiary/aromatic N) is 2. The SMILES string of the molecule is CC(C)(C)c1ccc(C(=O)Nc2nnc(-c3cccs3)s2)cc1. The predicted molar refractivity (Wildman–Crippen MR) is 96.3 cm³/mol. The maximum atomic E-state index is 12.3. The quantitative estimate of drug-likeness (QED) is 0.742. The number of nitrogens with one attached hydrogen (secondary N) is 1. The second-order valence-corrected chi connectivity index (χ2v) is 8.10. The Kier molecular flexibility index (Phi) is 4.28. The molecule has 23 heavy (non-hydrogen) atoms. The van der Waals surface area contributed by atoms with Gasteiger partial charge in [-0.15, -0.1) is 21.5 Å². The van der Waals surface area contributed by atoms with Crippen LogP contribution < -0.4 is 5.32 Å². The van der Waals surface area contributed by atoms with Gasteiger partial charge >= 0.3 is 0 Å². The van der Waals surface area contributed by atoms with Crippen molar-refractivity contribution in [2.75, 3.05) is 5.32 Å². The lowest BCUT2D eigenvalue weighted by molar-refractivity contribution is 0.102. The van der Waals surface area contributed by atoms with Crippen LogP contribution in [0.3, 0.4) is 0 Å². The summed E-state index contributed by atoms with van der Waals surface area (Å²) in [5.41, 5.74) is 1.89. The zero-order chi connectivity index (χ0) is 16.4. The Hall–Kier alpha value is -2.05. The molecule has 0 saturated heterocycles. The highest BCUT2D eigenvalue weighted by atomic mass is 32.1. The first-order valence-electron chi connectivity index (χ1n) is 7.23. The first kappa shape index (κ1) is 15.8. The van der Waals surface area contributed by atoms with E-state index in [9.17, 15) is 4.79 Å². The summed E-state index contributed by atoms with van der Waals surface area (Å²) in [5, 5.41) is 14.3. The van der Waals surface area contributed by atoms with Gasteiger partial charge in [-0.2, -0.15) is 0 Å². The molecule has 0 fully saturated rings. The van der Waals surface area contributed by atoms with Gasteiger partial charge in [0.15, 0.2) is 5.01 Å². The molecule has 0 aliphatic rings. The van der Waals surface area contributed by atoms with Gasteiger partial charge < -0.3 is 0 Å². The molecule has 1 N–H and O–H groups in total. The minimum absolute atomic E-state index is 0.0733. The van der Waals surface area contributed by atoms with Crippen LogP contribution in [0, 0.1) is 0 Å².